The highest BCUT2D eigenvalue weighted by Gasteiger charge is 2.07. The Hall–Kier alpha value is -0.700. The van der Waals surface area contributed by atoms with Gasteiger partial charge in [0, 0.05) is 15.5 Å². The smallest absolute Gasteiger partial charge is 0.0638 e. The predicted molar refractivity (Wildman–Crippen MR) is 87.4 cm³/mol. The highest BCUT2D eigenvalue weighted by molar-refractivity contribution is 9.10. The maximum atomic E-state index is 6.16. The van der Waals surface area contributed by atoms with E-state index in [-0.39, 0.29) is 6.04 Å². The van der Waals surface area contributed by atoms with E-state index in [4.69, 9.17) is 23.2 Å². The third-order valence-electron chi connectivity index (χ3n) is 2.79. The summed E-state index contributed by atoms with van der Waals surface area (Å²) in [7, 11) is 0. The van der Waals surface area contributed by atoms with Gasteiger partial charge in [0.2, 0.25) is 0 Å². The van der Waals surface area contributed by atoms with Gasteiger partial charge in [0.15, 0.2) is 0 Å². The van der Waals surface area contributed by atoms with Gasteiger partial charge in [0.25, 0.3) is 0 Å². The molecule has 0 bridgehead atoms. The van der Waals surface area contributed by atoms with Gasteiger partial charge in [0.1, 0.15) is 0 Å². The summed E-state index contributed by atoms with van der Waals surface area (Å²) in [4.78, 5) is 0. The van der Waals surface area contributed by atoms with Crippen molar-refractivity contribution in [3.8, 4) is 0 Å². The number of nitrogens with one attached hydrogen (secondary N) is 1. The van der Waals surface area contributed by atoms with Crippen molar-refractivity contribution in [3.05, 3.63) is 62.5 Å². The van der Waals surface area contributed by atoms with Gasteiger partial charge in [-0.2, -0.15) is 0 Å². The molecule has 0 spiro atoms. The second-order valence-electron chi connectivity index (χ2n) is 4.50. The molecule has 4 heteroatoms. The van der Waals surface area contributed by atoms with Crippen molar-refractivity contribution in [2.45, 2.75) is 19.4 Å². The van der Waals surface area contributed by atoms with Crippen molar-refractivity contribution < 1.29 is 0 Å². The minimum Gasteiger partial charge on any atom is -0.381 e. The SMILES string of the molecule is CC(Cc1ccc(Cl)cc1)Nc1cc(Br)ccc1Cl. The van der Waals surface area contributed by atoms with Gasteiger partial charge in [-0.05, 0) is 49.2 Å². The number of hydrogen-bond acceptors (Lipinski definition) is 1. The Balaban J connectivity index is 2.02. The lowest BCUT2D eigenvalue weighted by atomic mass is 10.1. The van der Waals surface area contributed by atoms with E-state index in [9.17, 15) is 0 Å². The Morgan fingerprint density at radius 1 is 1.11 bits per heavy atom. The monoisotopic (exact) mass is 357 g/mol. The summed E-state index contributed by atoms with van der Waals surface area (Å²) in [5.41, 5.74) is 2.19. The number of hydrogen-bond donors (Lipinski definition) is 1. The Bertz CT molecular complexity index is 555. The van der Waals surface area contributed by atoms with Crippen LogP contribution in [-0.2, 0) is 6.42 Å². The average Bonchev–Trinajstić information content (AvgIpc) is 2.37. The molecule has 0 radical (unpaired) electrons. The van der Waals surface area contributed by atoms with Crippen LogP contribution in [0.1, 0.15) is 12.5 Å². The molecule has 0 fully saturated rings. The van der Waals surface area contributed by atoms with Crippen LogP contribution in [-0.4, -0.2) is 6.04 Å². The first-order valence-corrected chi connectivity index (χ1v) is 7.55. The highest BCUT2D eigenvalue weighted by Crippen LogP contribution is 2.26. The van der Waals surface area contributed by atoms with Gasteiger partial charge in [0.05, 0.1) is 10.7 Å². The molecule has 0 aliphatic heterocycles. The van der Waals surface area contributed by atoms with Crippen LogP contribution in [0.4, 0.5) is 5.69 Å². The Morgan fingerprint density at radius 3 is 2.47 bits per heavy atom. The first-order valence-electron chi connectivity index (χ1n) is 6.00. The summed E-state index contributed by atoms with van der Waals surface area (Å²) in [5, 5.41) is 4.91. The van der Waals surface area contributed by atoms with E-state index in [1.54, 1.807) is 0 Å². The Labute approximate surface area is 132 Å². The molecule has 0 aliphatic carbocycles. The Kier molecular flexibility index (Phi) is 5.14. The van der Waals surface area contributed by atoms with Gasteiger partial charge in [-0.1, -0.05) is 51.3 Å². The fourth-order valence-corrected chi connectivity index (χ4v) is 2.56. The second kappa shape index (κ2) is 6.65. The average molecular weight is 359 g/mol. The highest BCUT2D eigenvalue weighted by atomic mass is 79.9. The zero-order chi connectivity index (χ0) is 13.8. The minimum absolute atomic E-state index is 0.285. The van der Waals surface area contributed by atoms with Crippen LogP contribution >= 0.6 is 39.1 Å². The molecule has 0 saturated carbocycles. The zero-order valence-corrected chi connectivity index (χ0v) is 13.6. The molecule has 2 rings (SSSR count). The van der Waals surface area contributed by atoms with Crippen molar-refractivity contribution in [2.24, 2.45) is 0 Å². The molecule has 1 N–H and O–H groups in total. The van der Waals surface area contributed by atoms with Gasteiger partial charge >= 0.3 is 0 Å². The molecule has 100 valence electrons. The molecular formula is C15H14BrCl2N. The number of anilines is 1. The third kappa shape index (κ3) is 4.41. The zero-order valence-electron chi connectivity index (χ0n) is 10.5. The van der Waals surface area contributed by atoms with Gasteiger partial charge < -0.3 is 5.32 Å². The first-order chi connectivity index (χ1) is 9.04. The lowest BCUT2D eigenvalue weighted by molar-refractivity contribution is 0.790. The molecule has 0 aliphatic rings. The summed E-state index contributed by atoms with van der Waals surface area (Å²) in [5.74, 6) is 0. The fraction of sp³-hybridized carbons (Fsp3) is 0.200. The predicted octanol–water partition coefficient (Wildman–Crippen LogP) is 5.80. The molecule has 1 unspecified atom stereocenters. The van der Waals surface area contributed by atoms with Crippen molar-refractivity contribution in [2.75, 3.05) is 5.32 Å². The number of halogens is 3. The van der Waals surface area contributed by atoms with Crippen LogP contribution in [0.15, 0.2) is 46.9 Å². The van der Waals surface area contributed by atoms with Crippen molar-refractivity contribution in [1.82, 2.24) is 0 Å². The Morgan fingerprint density at radius 2 is 1.79 bits per heavy atom. The van der Waals surface area contributed by atoms with Crippen LogP contribution in [0, 0.1) is 0 Å². The molecule has 0 aromatic heterocycles. The van der Waals surface area contributed by atoms with E-state index in [2.05, 4.69) is 28.2 Å². The molecule has 0 saturated heterocycles. The van der Waals surface area contributed by atoms with Gasteiger partial charge in [-0.3, -0.25) is 0 Å². The van der Waals surface area contributed by atoms with Crippen molar-refractivity contribution >= 4 is 44.8 Å². The van der Waals surface area contributed by atoms with Crippen LogP contribution < -0.4 is 5.32 Å². The van der Waals surface area contributed by atoms with Crippen LogP contribution in [0.3, 0.4) is 0 Å². The molecule has 1 atom stereocenters. The van der Waals surface area contributed by atoms with Gasteiger partial charge in [-0.25, -0.2) is 0 Å². The van der Waals surface area contributed by atoms with Crippen LogP contribution in [0.2, 0.25) is 10.0 Å². The van der Waals surface area contributed by atoms with Crippen LogP contribution in [0.5, 0.6) is 0 Å². The summed E-state index contributed by atoms with van der Waals surface area (Å²) < 4.78 is 1.01. The molecule has 19 heavy (non-hydrogen) atoms. The summed E-state index contributed by atoms with van der Waals surface area (Å²) in [6.07, 6.45) is 0.917. The minimum atomic E-state index is 0.285. The fourth-order valence-electron chi connectivity index (χ4n) is 1.90. The van der Waals surface area contributed by atoms with E-state index in [0.29, 0.717) is 0 Å². The number of rotatable bonds is 4. The first kappa shape index (κ1) is 14.7. The van der Waals surface area contributed by atoms with Crippen molar-refractivity contribution in [3.63, 3.8) is 0 Å². The molecule has 1 nitrogen and oxygen atoms in total. The normalized spacial score (nSPS) is 12.2. The second-order valence-corrected chi connectivity index (χ2v) is 6.26. The lowest BCUT2D eigenvalue weighted by Crippen LogP contribution is -2.18. The van der Waals surface area contributed by atoms with E-state index in [0.717, 1.165) is 26.6 Å². The van der Waals surface area contributed by atoms with E-state index in [1.807, 2.05) is 42.5 Å². The summed E-state index contributed by atoms with van der Waals surface area (Å²) in [6.45, 7) is 2.13. The quantitative estimate of drug-likeness (QED) is 0.728. The molecule has 2 aromatic rings. The summed E-state index contributed by atoms with van der Waals surface area (Å²) >= 11 is 15.5. The number of benzene rings is 2. The molecular weight excluding hydrogens is 345 g/mol. The van der Waals surface area contributed by atoms with Crippen LogP contribution in [0.25, 0.3) is 0 Å². The van der Waals surface area contributed by atoms with E-state index in [1.165, 1.54) is 5.56 Å². The molecule has 0 heterocycles. The maximum absolute atomic E-state index is 6.16. The van der Waals surface area contributed by atoms with E-state index < -0.39 is 0 Å². The topological polar surface area (TPSA) is 12.0 Å². The van der Waals surface area contributed by atoms with E-state index >= 15 is 0 Å². The largest absolute Gasteiger partial charge is 0.381 e. The van der Waals surface area contributed by atoms with Crippen molar-refractivity contribution in [1.29, 1.82) is 0 Å². The standard InChI is InChI=1S/C15H14BrCl2N/c1-10(8-11-2-5-13(17)6-3-11)19-15-9-12(16)4-7-14(15)18/h2-7,9-10,19H,8H2,1H3. The summed E-state index contributed by atoms with van der Waals surface area (Å²) in [6, 6.07) is 14.0. The van der Waals surface area contributed by atoms with Gasteiger partial charge in [-0.15, -0.1) is 0 Å². The maximum Gasteiger partial charge on any atom is 0.0638 e. The molecule has 2 aromatic carbocycles. The third-order valence-corrected chi connectivity index (χ3v) is 3.86. The lowest BCUT2D eigenvalue weighted by Gasteiger charge is -2.16. The molecule has 0 amide bonds.